The fourth-order valence-electron chi connectivity index (χ4n) is 3.20. The molecule has 2 aromatic rings. The standard InChI is InChI=1S/C20H23FN2O/c1-2-17-5-3-4-6-19(17)22-11-13-23(14-12-22)20(24)15-16-7-9-18(21)10-8-16/h3-10H,2,11-15H2,1H3. The van der Waals surface area contributed by atoms with Gasteiger partial charge in [0.05, 0.1) is 6.42 Å². The van der Waals surface area contributed by atoms with Gasteiger partial charge in [0.15, 0.2) is 0 Å². The van der Waals surface area contributed by atoms with Crippen molar-refractivity contribution in [1.82, 2.24) is 4.90 Å². The minimum atomic E-state index is -0.269. The van der Waals surface area contributed by atoms with E-state index in [1.165, 1.54) is 23.4 Å². The first-order chi connectivity index (χ1) is 11.7. The van der Waals surface area contributed by atoms with Gasteiger partial charge in [0.2, 0.25) is 5.91 Å². The summed E-state index contributed by atoms with van der Waals surface area (Å²) in [5, 5.41) is 0. The smallest absolute Gasteiger partial charge is 0.227 e. The first-order valence-corrected chi connectivity index (χ1v) is 8.52. The number of anilines is 1. The molecule has 0 aromatic heterocycles. The Balaban J connectivity index is 1.58. The van der Waals surface area contributed by atoms with Gasteiger partial charge in [-0.15, -0.1) is 0 Å². The lowest BCUT2D eigenvalue weighted by atomic mass is 10.1. The molecule has 0 atom stereocenters. The molecule has 3 rings (SSSR count). The van der Waals surface area contributed by atoms with Crippen LogP contribution in [0.5, 0.6) is 0 Å². The highest BCUT2D eigenvalue weighted by Crippen LogP contribution is 2.22. The fraction of sp³-hybridized carbons (Fsp3) is 0.350. The molecule has 1 aliphatic heterocycles. The first kappa shape index (κ1) is 16.5. The molecule has 1 aliphatic rings. The summed E-state index contributed by atoms with van der Waals surface area (Å²) in [6.45, 7) is 5.34. The van der Waals surface area contributed by atoms with E-state index in [1.807, 2.05) is 4.90 Å². The Bertz CT molecular complexity index is 691. The Morgan fingerprint density at radius 2 is 1.67 bits per heavy atom. The molecule has 1 saturated heterocycles. The summed E-state index contributed by atoms with van der Waals surface area (Å²) < 4.78 is 12.9. The Morgan fingerprint density at radius 1 is 1.00 bits per heavy atom. The number of benzene rings is 2. The van der Waals surface area contributed by atoms with Crippen molar-refractivity contribution in [3.8, 4) is 0 Å². The van der Waals surface area contributed by atoms with Gasteiger partial charge in [0.25, 0.3) is 0 Å². The van der Waals surface area contributed by atoms with Crippen LogP contribution < -0.4 is 4.90 Å². The molecular weight excluding hydrogens is 303 g/mol. The fourth-order valence-corrected chi connectivity index (χ4v) is 3.20. The molecule has 1 amide bonds. The van der Waals surface area contributed by atoms with Gasteiger partial charge in [-0.3, -0.25) is 4.79 Å². The van der Waals surface area contributed by atoms with Gasteiger partial charge >= 0.3 is 0 Å². The van der Waals surface area contributed by atoms with Gasteiger partial charge in [0, 0.05) is 31.9 Å². The van der Waals surface area contributed by atoms with E-state index in [0.717, 1.165) is 38.2 Å². The lowest BCUT2D eigenvalue weighted by Crippen LogP contribution is -2.49. The summed E-state index contributed by atoms with van der Waals surface area (Å²) in [6, 6.07) is 14.6. The number of carbonyl (C=O) groups excluding carboxylic acids is 1. The van der Waals surface area contributed by atoms with E-state index < -0.39 is 0 Å². The van der Waals surface area contributed by atoms with Crippen molar-refractivity contribution in [2.24, 2.45) is 0 Å². The third kappa shape index (κ3) is 3.75. The summed E-state index contributed by atoms with van der Waals surface area (Å²) in [5.74, 6) is -0.153. The highest BCUT2D eigenvalue weighted by atomic mass is 19.1. The summed E-state index contributed by atoms with van der Waals surface area (Å²) >= 11 is 0. The summed E-state index contributed by atoms with van der Waals surface area (Å²) in [4.78, 5) is 16.7. The van der Waals surface area contributed by atoms with Gasteiger partial charge in [-0.05, 0) is 35.7 Å². The second kappa shape index (κ2) is 7.47. The number of nitrogens with zero attached hydrogens (tertiary/aromatic N) is 2. The van der Waals surface area contributed by atoms with Gasteiger partial charge in [0.1, 0.15) is 5.82 Å². The normalized spacial score (nSPS) is 14.8. The van der Waals surface area contributed by atoms with Crippen LogP contribution in [-0.2, 0) is 17.6 Å². The third-order valence-corrected chi connectivity index (χ3v) is 4.61. The number of para-hydroxylation sites is 1. The van der Waals surface area contributed by atoms with Crippen molar-refractivity contribution in [3.63, 3.8) is 0 Å². The van der Waals surface area contributed by atoms with Crippen LogP contribution in [0.2, 0.25) is 0 Å². The van der Waals surface area contributed by atoms with Gasteiger partial charge in [-0.25, -0.2) is 4.39 Å². The molecule has 0 N–H and O–H groups in total. The molecule has 24 heavy (non-hydrogen) atoms. The van der Waals surface area contributed by atoms with Crippen LogP contribution in [0.25, 0.3) is 0 Å². The highest BCUT2D eigenvalue weighted by molar-refractivity contribution is 5.79. The van der Waals surface area contributed by atoms with Crippen LogP contribution in [0.3, 0.4) is 0 Å². The van der Waals surface area contributed by atoms with Crippen molar-refractivity contribution in [2.75, 3.05) is 31.1 Å². The molecule has 0 spiro atoms. The topological polar surface area (TPSA) is 23.6 Å². The van der Waals surface area contributed by atoms with Crippen LogP contribution in [0.1, 0.15) is 18.1 Å². The van der Waals surface area contributed by atoms with Crippen molar-refractivity contribution in [2.45, 2.75) is 19.8 Å². The number of carbonyl (C=O) groups is 1. The maximum atomic E-state index is 12.9. The Hall–Kier alpha value is -2.36. The zero-order valence-corrected chi connectivity index (χ0v) is 14.0. The average Bonchev–Trinajstić information content (AvgIpc) is 2.63. The summed E-state index contributed by atoms with van der Waals surface area (Å²) in [6.07, 6.45) is 1.35. The molecular formula is C20H23FN2O. The Kier molecular flexibility index (Phi) is 5.14. The Morgan fingerprint density at radius 3 is 2.33 bits per heavy atom. The molecule has 2 aromatic carbocycles. The minimum absolute atomic E-state index is 0.116. The van der Waals surface area contributed by atoms with Crippen LogP contribution in [-0.4, -0.2) is 37.0 Å². The molecule has 126 valence electrons. The predicted molar refractivity (Wildman–Crippen MR) is 94.7 cm³/mol. The van der Waals surface area contributed by atoms with Crippen LogP contribution in [0.15, 0.2) is 48.5 Å². The second-order valence-electron chi connectivity index (χ2n) is 6.15. The summed E-state index contributed by atoms with van der Waals surface area (Å²) in [7, 11) is 0. The monoisotopic (exact) mass is 326 g/mol. The lowest BCUT2D eigenvalue weighted by molar-refractivity contribution is -0.130. The highest BCUT2D eigenvalue weighted by Gasteiger charge is 2.22. The molecule has 0 saturated carbocycles. The van der Waals surface area contributed by atoms with E-state index in [0.29, 0.717) is 6.42 Å². The second-order valence-corrected chi connectivity index (χ2v) is 6.15. The van der Waals surface area contributed by atoms with E-state index in [9.17, 15) is 9.18 Å². The number of hydrogen-bond donors (Lipinski definition) is 0. The molecule has 1 heterocycles. The first-order valence-electron chi connectivity index (χ1n) is 8.52. The van der Waals surface area contributed by atoms with Crippen LogP contribution >= 0.6 is 0 Å². The van der Waals surface area contributed by atoms with E-state index in [2.05, 4.69) is 36.1 Å². The molecule has 0 bridgehead atoms. The maximum Gasteiger partial charge on any atom is 0.227 e. The number of aryl methyl sites for hydroxylation is 1. The molecule has 0 unspecified atom stereocenters. The number of amides is 1. The molecule has 0 aliphatic carbocycles. The zero-order valence-electron chi connectivity index (χ0n) is 14.0. The largest absolute Gasteiger partial charge is 0.368 e. The van der Waals surface area contributed by atoms with E-state index in [1.54, 1.807) is 12.1 Å². The molecule has 3 nitrogen and oxygen atoms in total. The van der Waals surface area contributed by atoms with Crippen LogP contribution in [0, 0.1) is 5.82 Å². The van der Waals surface area contributed by atoms with Gasteiger partial charge in [-0.2, -0.15) is 0 Å². The van der Waals surface area contributed by atoms with Crippen molar-refractivity contribution in [1.29, 1.82) is 0 Å². The van der Waals surface area contributed by atoms with E-state index in [-0.39, 0.29) is 11.7 Å². The zero-order chi connectivity index (χ0) is 16.9. The van der Waals surface area contributed by atoms with E-state index >= 15 is 0 Å². The van der Waals surface area contributed by atoms with Crippen molar-refractivity contribution >= 4 is 11.6 Å². The van der Waals surface area contributed by atoms with Gasteiger partial charge in [-0.1, -0.05) is 37.3 Å². The third-order valence-electron chi connectivity index (χ3n) is 4.61. The number of rotatable bonds is 4. The molecule has 4 heteroatoms. The molecule has 0 radical (unpaired) electrons. The average molecular weight is 326 g/mol. The lowest BCUT2D eigenvalue weighted by Gasteiger charge is -2.37. The number of halogens is 1. The number of piperazine rings is 1. The van der Waals surface area contributed by atoms with Crippen molar-refractivity contribution < 1.29 is 9.18 Å². The Labute approximate surface area is 142 Å². The number of hydrogen-bond acceptors (Lipinski definition) is 2. The van der Waals surface area contributed by atoms with Crippen molar-refractivity contribution in [3.05, 3.63) is 65.5 Å². The van der Waals surface area contributed by atoms with E-state index in [4.69, 9.17) is 0 Å². The van der Waals surface area contributed by atoms with Gasteiger partial charge < -0.3 is 9.80 Å². The quantitative estimate of drug-likeness (QED) is 0.861. The van der Waals surface area contributed by atoms with Crippen LogP contribution in [0.4, 0.5) is 10.1 Å². The molecule has 1 fully saturated rings. The summed E-state index contributed by atoms with van der Waals surface area (Å²) in [5.41, 5.74) is 3.49. The maximum absolute atomic E-state index is 12.9. The SMILES string of the molecule is CCc1ccccc1N1CCN(C(=O)Cc2ccc(F)cc2)CC1. The predicted octanol–water partition coefficient (Wildman–Crippen LogP) is 3.28. The minimum Gasteiger partial charge on any atom is -0.368 e.